The molecule has 4 heteroatoms. The van der Waals surface area contributed by atoms with Crippen LogP contribution in [0, 0.1) is 11.7 Å². The summed E-state index contributed by atoms with van der Waals surface area (Å²) in [6.45, 7) is 2.44. The highest BCUT2D eigenvalue weighted by Crippen LogP contribution is 2.29. The van der Waals surface area contributed by atoms with Crippen LogP contribution in [0.2, 0.25) is 0 Å². The standard InChI is InChI=1S/C14H17FN2O/c15-12-3-4-13-10(8-12)2-1-7-17(13)14(18)11-5-6-16-9-11/h3-4,8,11,16H,1-2,5-7,9H2. The number of amides is 1. The van der Waals surface area contributed by atoms with E-state index in [1.165, 1.54) is 6.07 Å². The number of carbonyl (C=O) groups excluding carboxylic acids is 1. The van der Waals surface area contributed by atoms with E-state index in [0.29, 0.717) is 0 Å². The normalized spacial score (nSPS) is 22.9. The van der Waals surface area contributed by atoms with Crippen molar-refractivity contribution in [3.63, 3.8) is 0 Å². The first-order valence-electron chi connectivity index (χ1n) is 6.56. The van der Waals surface area contributed by atoms with Gasteiger partial charge in [0.1, 0.15) is 5.82 Å². The van der Waals surface area contributed by atoms with Crippen LogP contribution in [0.15, 0.2) is 18.2 Å². The van der Waals surface area contributed by atoms with E-state index < -0.39 is 0 Å². The lowest BCUT2D eigenvalue weighted by Crippen LogP contribution is -2.40. The molecule has 1 saturated heterocycles. The van der Waals surface area contributed by atoms with Gasteiger partial charge in [-0.3, -0.25) is 4.79 Å². The minimum Gasteiger partial charge on any atom is -0.316 e. The quantitative estimate of drug-likeness (QED) is 0.820. The Morgan fingerprint density at radius 3 is 3.11 bits per heavy atom. The number of nitrogens with zero attached hydrogens (tertiary/aromatic N) is 1. The van der Waals surface area contributed by atoms with Gasteiger partial charge in [-0.05, 0) is 49.6 Å². The number of rotatable bonds is 1. The van der Waals surface area contributed by atoms with Crippen LogP contribution < -0.4 is 10.2 Å². The Labute approximate surface area is 106 Å². The fourth-order valence-electron chi connectivity index (χ4n) is 2.88. The fraction of sp³-hybridized carbons (Fsp3) is 0.500. The smallest absolute Gasteiger partial charge is 0.231 e. The predicted molar refractivity (Wildman–Crippen MR) is 68.1 cm³/mol. The first kappa shape index (κ1) is 11.7. The van der Waals surface area contributed by atoms with E-state index in [0.717, 1.165) is 50.1 Å². The third-order valence-electron chi connectivity index (χ3n) is 3.84. The molecule has 1 unspecified atom stereocenters. The third kappa shape index (κ3) is 2.01. The highest BCUT2D eigenvalue weighted by Gasteiger charge is 2.30. The fourth-order valence-corrected chi connectivity index (χ4v) is 2.88. The van der Waals surface area contributed by atoms with E-state index in [9.17, 15) is 9.18 Å². The van der Waals surface area contributed by atoms with E-state index in [1.54, 1.807) is 12.1 Å². The molecule has 0 aromatic heterocycles. The topological polar surface area (TPSA) is 32.3 Å². The van der Waals surface area contributed by atoms with Crippen molar-refractivity contribution in [2.45, 2.75) is 19.3 Å². The Morgan fingerprint density at radius 2 is 2.33 bits per heavy atom. The number of hydrogen-bond acceptors (Lipinski definition) is 2. The Bertz CT molecular complexity index is 469. The molecule has 2 aliphatic heterocycles. The number of nitrogens with one attached hydrogen (secondary N) is 1. The average molecular weight is 248 g/mol. The molecule has 3 rings (SSSR count). The van der Waals surface area contributed by atoms with Crippen LogP contribution in [0.5, 0.6) is 0 Å². The number of carbonyl (C=O) groups is 1. The molecular weight excluding hydrogens is 231 g/mol. The van der Waals surface area contributed by atoms with Crippen LogP contribution in [0.1, 0.15) is 18.4 Å². The van der Waals surface area contributed by atoms with E-state index in [4.69, 9.17) is 0 Å². The molecule has 3 nitrogen and oxygen atoms in total. The zero-order valence-corrected chi connectivity index (χ0v) is 10.3. The number of anilines is 1. The van der Waals surface area contributed by atoms with Crippen molar-refractivity contribution >= 4 is 11.6 Å². The summed E-state index contributed by atoms with van der Waals surface area (Å²) in [7, 11) is 0. The molecule has 2 heterocycles. The summed E-state index contributed by atoms with van der Waals surface area (Å²) >= 11 is 0. The Balaban J connectivity index is 1.88. The van der Waals surface area contributed by atoms with Gasteiger partial charge in [-0.25, -0.2) is 4.39 Å². The zero-order valence-electron chi connectivity index (χ0n) is 10.3. The molecule has 0 aliphatic carbocycles. The van der Waals surface area contributed by atoms with Crippen LogP contribution in [-0.2, 0) is 11.2 Å². The molecule has 1 amide bonds. The molecule has 0 spiro atoms. The van der Waals surface area contributed by atoms with Crippen molar-refractivity contribution in [3.8, 4) is 0 Å². The number of halogens is 1. The van der Waals surface area contributed by atoms with Crippen molar-refractivity contribution in [1.82, 2.24) is 5.32 Å². The second-order valence-electron chi connectivity index (χ2n) is 5.06. The summed E-state index contributed by atoms with van der Waals surface area (Å²) in [5, 5.41) is 3.22. The Hall–Kier alpha value is -1.42. The van der Waals surface area contributed by atoms with Crippen LogP contribution in [0.4, 0.5) is 10.1 Å². The van der Waals surface area contributed by atoms with Crippen molar-refractivity contribution < 1.29 is 9.18 Å². The summed E-state index contributed by atoms with van der Waals surface area (Å²) in [6, 6.07) is 4.74. The number of hydrogen-bond donors (Lipinski definition) is 1. The SMILES string of the molecule is O=C(C1CCNC1)N1CCCc2cc(F)ccc21. The van der Waals surface area contributed by atoms with Crippen LogP contribution in [0.3, 0.4) is 0 Å². The van der Waals surface area contributed by atoms with Crippen molar-refractivity contribution in [1.29, 1.82) is 0 Å². The Kier molecular flexibility index (Phi) is 3.04. The van der Waals surface area contributed by atoms with Gasteiger partial charge in [0.15, 0.2) is 0 Å². The van der Waals surface area contributed by atoms with E-state index in [1.807, 2.05) is 4.90 Å². The maximum absolute atomic E-state index is 13.2. The van der Waals surface area contributed by atoms with E-state index in [-0.39, 0.29) is 17.6 Å². The van der Waals surface area contributed by atoms with Gasteiger partial charge in [0.2, 0.25) is 5.91 Å². The molecule has 0 bridgehead atoms. The van der Waals surface area contributed by atoms with Gasteiger partial charge in [0.25, 0.3) is 0 Å². The molecule has 1 fully saturated rings. The minimum absolute atomic E-state index is 0.0843. The van der Waals surface area contributed by atoms with Gasteiger partial charge in [-0.1, -0.05) is 0 Å². The van der Waals surface area contributed by atoms with Gasteiger partial charge in [-0.2, -0.15) is 0 Å². The van der Waals surface area contributed by atoms with Crippen LogP contribution >= 0.6 is 0 Å². The minimum atomic E-state index is -0.217. The predicted octanol–water partition coefficient (Wildman–Crippen LogP) is 1.71. The first-order valence-corrected chi connectivity index (χ1v) is 6.56. The van der Waals surface area contributed by atoms with Gasteiger partial charge < -0.3 is 10.2 Å². The molecule has 1 aromatic rings. The monoisotopic (exact) mass is 248 g/mol. The molecular formula is C14H17FN2O. The average Bonchev–Trinajstić information content (AvgIpc) is 2.90. The van der Waals surface area contributed by atoms with Crippen molar-refractivity contribution in [2.24, 2.45) is 5.92 Å². The van der Waals surface area contributed by atoms with Gasteiger partial charge in [0.05, 0.1) is 5.92 Å². The largest absolute Gasteiger partial charge is 0.316 e. The third-order valence-corrected chi connectivity index (χ3v) is 3.84. The number of benzene rings is 1. The highest BCUT2D eigenvalue weighted by atomic mass is 19.1. The molecule has 0 saturated carbocycles. The van der Waals surface area contributed by atoms with Gasteiger partial charge in [0, 0.05) is 18.8 Å². The van der Waals surface area contributed by atoms with Gasteiger partial charge >= 0.3 is 0 Å². The molecule has 96 valence electrons. The summed E-state index contributed by atoms with van der Waals surface area (Å²) in [5.74, 6) is 0.0548. The van der Waals surface area contributed by atoms with Crippen LogP contribution in [0.25, 0.3) is 0 Å². The maximum Gasteiger partial charge on any atom is 0.231 e. The summed E-state index contributed by atoms with van der Waals surface area (Å²) < 4.78 is 13.2. The van der Waals surface area contributed by atoms with Gasteiger partial charge in [-0.15, -0.1) is 0 Å². The second-order valence-corrected chi connectivity index (χ2v) is 5.06. The molecule has 1 N–H and O–H groups in total. The summed E-state index contributed by atoms with van der Waals surface area (Å²) in [4.78, 5) is 14.3. The lowest BCUT2D eigenvalue weighted by atomic mass is 9.99. The number of aryl methyl sites for hydroxylation is 1. The lowest BCUT2D eigenvalue weighted by Gasteiger charge is -2.31. The maximum atomic E-state index is 13.2. The lowest BCUT2D eigenvalue weighted by molar-refractivity contribution is -0.121. The zero-order chi connectivity index (χ0) is 12.5. The Morgan fingerprint density at radius 1 is 1.44 bits per heavy atom. The second kappa shape index (κ2) is 4.69. The van der Waals surface area contributed by atoms with E-state index >= 15 is 0 Å². The van der Waals surface area contributed by atoms with Crippen molar-refractivity contribution in [2.75, 3.05) is 24.5 Å². The van der Waals surface area contributed by atoms with Crippen LogP contribution in [-0.4, -0.2) is 25.5 Å². The van der Waals surface area contributed by atoms with Crippen molar-refractivity contribution in [3.05, 3.63) is 29.6 Å². The molecule has 2 aliphatic rings. The number of fused-ring (bicyclic) bond motifs is 1. The highest BCUT2D eigenvalue weighted by molar-refractivity contribution is 5.96. The molecule has 0 radical (unpaired) electrons. The summed E-state index contributed by atoms with van der Waals surface area (Å²) in [6.07, 6.45) is 2.69. The van der Waals surface area contributed by atoms with E-state index in [2.05, 4.69) is 5.32 Å². The molecule has 18 heavy (non-hydrogen) atoms. The molecule has 1 atom stereocenters. The summed E-state index contributed by atoms with van der Waals surface area (Å²) in [5.41, 5.74) is 1.86. The molecule has 1 aromatic carbocycles. The first-order chi connectivity index (χ1) is 8.75.